The number of carbonyl (C=O) groups excluding carboxylic acids is 1. The van der Waals surface area contributed by atoms with Crippen LogP contribution < -0.4 is 0 Å². The molecular formula is C22H25ClF4N6O2. The van der Waals surface area contributed by atoms with E-state index < -0.39 is 35.2 Å². The highest BCUT2D eigenvalue weighted by molar-refractivity contribution is 6.32. The number of fused-ring (bicyclic) bond motifs is 1. The zero-order valence-corrected chi connectivity index (χ0v) is 19.5. The number of likely N-dealkylation sites (tertiary alicyclic amines) is 1. The van der Waals surface area contributed by atoms with Crippen LogP contribution in [0, 0.1) is 5.82 Å². The fourth-order valence-electron chi connectivity index (χ4n) is 5.11. The van der Waals surface area contributed by atoms with Crippen LogP contribution in [0.4, 0.5) is 17.6 Å². The van der Waals surface area contributed by atoms with Gasteiger partial charge in [-0.1, -0.05) is 11.3 Å². The van der Waals surface area contributed by atoms with E-state index in [9.17, 15) is 22.4 Å². The van der Waals surface area contributed by atoms with E-state index >= 15 is 0 Å². The fraction of sp³-hybridized carbons (Fsp3) is 0.636. The number of piperidine rings is 1. The summed E-state index contributed by atoms with van der Waals surface area (Å²) in [6.07, 6.45) is -0.214. The molecule has 4 aliphatic rings. The van der Waals surface area contributed by atoms with E-state index in [1.54, 1.807) is 6.21 Å². The average molecular weight is 517 g/mol. The Hall–Kier alpha value is -2.31. The largest absolute Gasteiger partial charge is 0.416 e. The Morgan fingerprint density at radius 3 is 2.77 bits per heavy atom. The molecule has 5 rings (SSSR count). The van der Waals surface area contributed by atoms with Crippen molar-refractivity contribution < 1.29 is 27.1 Å². The highest BCUT2D eigenvalue weighted by atomic mass is 35.5. The first kappa shape index (κ1) is 24.4. The average Bonchev–Trinajstić information content (AvgIpc) is 3.23. The van der Waals surface area contributed by atoms with Crippen LogP contribution in [-0.4, -0.2) is 76.5 Å². The van der Waals surface area contributed by atoms with E-state index in [0.717, 1.165) is 25.0 Å². The van der Waals surface area contributed by atoms with Crippen LogP contribution in [0.3, 0.4) is 0 Å². The maximum absolute atomic E-state index is 13.5. The molecule has 0 radical (unpaired) electrons. The number of halogens is 5. The van der Waals surface area contributed by atoms with Crippen LogP contribution in [-0.2, 0) is 22.3 Å². The van der Waals surface area contributed by atoms with Gasteiger partial charge in [-0.05, 0) is 43.4 Å². The third-order valence-corrected chi connectivity index (χ3v) is 7.39. The Labute approximate surface area is 204 Å². The van der Waals surface area contributed by atoms with Gasteiger partial charge >= 0.3 is 6.18 Å². The Balaban J connectivity index is 1.24. The number of hydrogen-bond donors (Lipinski definition) is 0. The third-order valence-electron chi connectivity index (χ3n) is 6.94. The fourth-order valence-corrected chi connectivity index (χ4v) is 5.43. The van der Waals surface area contributed by atoms with Gasteiger partial charge in [0.1, 0.15) is 17.2 Å². The van der Waals surface area contributed by atoms with Crippen LogP contribution in [0.1, 0.15) is 36.8 Å². The van der Waals surface area contributed by atoms with Crippen molar-refractivity contribution in [2.45, 2.75) is 68.1 Å². The quantitative estimate of drug-likeness (QED) is 0.451. The van der Waals surface area contributed by atoms with E-state index in [1.165, 1.54) is 10.0 Å². The molecule has 35 heavy (non-hydrogen) atoms. The van der Waals surface area contributed by atoms with Crippen LogP contribution >= 0.6 is 11.6 Å². The molecule has 2 saturated heterocycles. The lowest BCUT2D eigenvalue weighted by atomic mass is 9.96. The molecule has 0 saturated carbocycles. The molecule has 1 aromatic carbocycles. The van der Waals surface area contributed by atoms with Crippen molar-refractivity contribution in [2.24, 2.45) is 15.4 Å². The second-order valence-electron chi connectivity index (χ2n) is 9.18. The van der Waals surface area contributed by atoms with E-state index in [1.807, 2.05) is 4.90 Å². The minimum atomic E-state index is -4.67. The van der Waals surface area contributed by atoms with Crippen molar-refractivity contribution in [1.82, 2.24) is 14.9 Å². The summed E-state index contributed by atoms with van der Waals surface area (Å²) in [4.78, 5) is 14.9. The second kappa shape index (κ2) is 9.62. The molecule has 0 aliphatic carbocycles. The summed E-state index contributed by atoms with van der Waals surface area (Å²) in [6, 6.07) is 1.74. The first-order valence-electron chi connectivity index (χ1n) is 11.6. The number of alkyl halides is 4. The van der Waals surface area contributed by atoms with Gasteiger partial charge in [0.15, 0.2) is 6.23 Å². The maximum atomic E-state index is 13.5. The first-order chi connectivity index (χ1) is 16.7. The summed E-state index contributed by atoms with van der Waals surface area (Å²) >= 11 is 6.55. The molecule has 1 amide bonds. The second-order valence-corrected chi connectivity index (χ2v) is 9.65. The maximum Gasteiger partial charge on any atom is 0.416 e. The summed E-state index contributed by atoms with van der Waals surface area (Å²) in [5.41, 5.74) is -1.07. The highest BCUT2D eigenvalue weighted by Crippen LogP contribution is 2.36. The molecular weight excluding hydrogens is 492 g/mol. The third kappa shape index (κ3) is 4.88. The van der Waals surface area contributed by atoms with Crippen LogP contribution in [0.5, 0.6) is 0 Å². The molecule has 0 N–H and O–H groups in total. The van der Waals surface area contributed by atoms with Crippen LogP contribution in [0.2, 0.25) is 0 Å². The lowest BCUT2D eigenvalue weighted by molar-refractivity contribution is -0.152. The van der Waals surface area contributed by atoms with Gasteiger partial charge < -0.3 is 4.74 Å². The summed E-state index contributed by atoms with van der Waals surface area (Å²) in [5.74, 6) is -1.25. The van der Waals surface area contributed by atoms with Crippen molar-refractivity contribution in [2.75, 3.05) is 19.7 Å². The number of rotatable bonds is 4. The Bertz CT molecular complexity index is 1020. The number of carbonyl (C=O) groups is 1. The molecule has 8 nitrogen and oxygen atoms in total. The van der Waals surface area contributed by atoms with Gasteiger partial charge in [-0.15, -0.1) is 11.6 Å². The lowest BCUT2D eigenvalue weighted by Gasteiger charge is -2.42. The predicted molar refractivity (Wildman–Crippen MR) is 118 cm³/mol. The molecule has 5 atom stereocenters. The Morgan fingerprint density at radius 1 is 1.20 bits per heavy atom. The molecule has 1 aromatic rings. The SMILES string of the molecule is O=C1C(Cl)C(N2CCC3C(C2)N=NN3Cc2ccc(F)cc2C(F)(F)F)C=NN1C1CCCCO1. The number of amides is 1. The number of hydrazone groups is 1. The summed E-state index contributed by atoms with van der Waals surface area (Å²) in [6.45, 7) is 1.44. The first-order valence-corrected chi connectivity index (χ1v) is 12.1. The molecule has 0 aromatic heterocycles. The van der Waals surface area contributed by atoms with Crippen molar-refractivity contribution in [3.8, 4) is 0 Å². The number of nitrogens with zero attached hydrogens (tertiary/aromatic N) is 6. The van der Waals surface area contributed by atoms with Crippen LogP contribution in [0.15, 0.2) is 33.6 Å². The van der Waals surface area contributed by atoms with Gasteiger partial charge in [-0.2, -0.15) is 23.4 Å². The monoisotopic (exact) mass is 516 g/mol. The minimum Gasteiger partial charge on any atom is -0.356 e. The highest BCUT2D eigenvalue weighted by Gasteiger charge is 2.45. The Kier molecular flexibility index (Phi) is 6.71. The zero-order chi connectivity index (χ0) is 24.7. The molecule has 13 heteroatoms. The topological polar surface area (TPSA) is 73.1 Å². The number of ether oxygens (including phenoxy) is 1. The number of benzene rings is 1. The van der Waals surface area contributed by atoms with Gasteiger partial charge in [0, 0.05) is 25.9 Å². The van der Waals surface area contributed by atoms with E-state index in [4.69, 9.17) is 16.3 Å². The molecule has 4 heterocycles. The molecule has 5 unspecified atom stereocenters. The Morgan fingerprint density at radius 2 is 2.03 bits per heavy atom. The van der Waals surface area contributed by atoms with Crippen LogP contribution in [0.25, 0.3) is 0 Å². The summed E-state index contributed by atoms with van der Waals surface area (Å²) in [7, 11) is 0. The minimum absolute atomic E-state index is 0.0585. The van der Waals surface area contributed by atoms with Crippen molar-refractivity contribution in [1.29, 1.82) is 0 Å². The molecule has 2 fully saturated rings. The molecule has 4 aliphatic heterocycles. The standard InChI is InChI=1S/C22H25ClF4N6O2/c23-20-18(10-28-33(21(20)34)19-3-1-2-8-35-19)31-7-6-17-16(12-31)29-30-32(17)11-13-4-5-14(24)9-15(13)22(25,26)27/h4-5,9-10,16-20H,1-3,6-8,11-12H2. The van der Waals surface area contributed by atoms with Crippen molar-refractivity contribution >= 4 is 23.7 Å². The molecule has 0 spiro atoms. The smallest absolute Gasteiger partial charge is 0.356 e. The normalized spacial score (nSPS) is 31.8. The molecule has 190 valence electrons. The summed E-state index contributed by atoms with van der Waals surface area (Å²) in [5, 5.41) is 14.8. The van der Waals surface area contributed by atoms with E-state index in [0.29, 0.717) is 38.6 Å². The predicted octanol–water partition coefficient (Wildman–Crippen LogP) is 3.80. The van der Waals surface area contributed by atoms with Gasteiger partial charge in [-0.3, -0.25) is 14.7 Å². The van der Waals surface area contributed by atoms with E-state index in [2.05, 4.69) is 15.4 Å². The molecule has 0 bridgehead atoms. The van der Waals surface area contributed by atoms with Gasteiger partial charge in [0.05, 0.1) is 24.2 Å². The lowest BCUT2D eigenvalue weighted by Crippen LogP contribution is -2.59. The van der Waals surface area contributed by atoms with E-state index in [-0.39, 0.29) is 30.1 Å². The summed E-state index contributed by atoms with van der Waals surface area (Å²) < 4.78 is 59.3. The van der Waals surface area contributed by atoms with Crippen molar-refractivity contribution in [3.05, 3.63) is 35.1 Å². The van der Waals surface area contributed by atoms with Gasteiger partial charge in [0.2, 0.25) is 0 Å². The van der Waals surface area contributed by atoms with Crippen molar-refractivity contribution in [3.63, 3.8) is 0 Å². The number of hydrogen-bond acceptors (Lipinski definition) is 7. The van der Waals surface area contributed by atoms with Gasteiger partial charge in [0.25, 0.3) is 5.91 Å². The zero-order valence-electron chi connectivity index (χ0n) is 18.7. The van der Waals surface area contributed by atoms with Gasteiger partial charge in [-0.25, -0.2) is 9.40 Å².